The highest BCUT2D eigenvalue weighted by molar-refractivity contribution is 6.30. The zero-order valence-corrected chi connectivity index (χ0v) is 16.7. The summed E-state index contributed by atoms with van der Waals surface area (Å²) in [6.45, 7) is 4.42. The van der Waals surface area contributed by atoms with Crippen LogP contribution in [-0.2, 0) is 0 Å². The first-order chi connectivity index (χ1) is 14.0. The van der Waals surface area contributed by atoms with Gasteiger partial charge in [-0.2, -0.15) is 0 Å². The summed E-state index contributed by atoms with van der Waals surface area (Å²) in [6.07, 6.45) is 0. The van der Waals surface area contributed by atoms with Gasteiger partial charge in [-0.25, -0.2) is 14.4 Å². The second kappa shape index (κ2) is 8.17. The number of amides is 1. The van der Waals surface area contributed by atoms with E-state index in [1.165, 1.54) is 12.1 Å². The highest BCUT2D eigenvalue weighted by Gasteiger charge is 2.23. The minimum absolute atomic E-state index is 0.000588. The van der Waals surface area contributed by atoms with Crippen molar-refractivity contribution in [1.29, 1.82) is 0 Å². The fraction of sp³-hybridized carbons (Fsp3) is 0.227. The lowest BCUT2D eigenvalue weighted by Gasteiger charge is -2.35. The Bertz CT molecular complexity index is 1030. The number of piperazine rings is 1. The highest BCUT2D eigenvalue weighted by Crippen LogP contribution is 2.22. The molecule has 0 N–H and O–H groups in total. The van der Waals surface area contributed by atoms with Crippen LogP contribution in [0.1, 0.15) is 16.1 Å². The summed E-state index contributed by atoms with van der Waals surface area (Å²) in [5.41, 5.74) is 2.09. The molecule has 0 spiro atoms. The molecule has 7 heteroatoms. The van der Waals surface area contributed by atoms with E-state index in [1.807, 2.05) is 17.9 Å². The molecule has 3 aromatic rings. The van der Waals surface area contributed by atoms with Crippen LogP contribution in [0, 0.1) is 12.7 Å². The van der Waals surface area contributed by atoms with Gasteiger partial charge < -0.3 is 9.80 Å². The third kappa shape index (κ3) is 4.38. The van der Waals surface area contributed by atoms with E-state index in [0.29, 0.717) is 48.2 Å². The van der Waals surface area contributed by atoms with Gasteiger partial charge in [0.05, 0.1) is 0 Å². The first-order valence-electron chi connectivity index (χ1n) is 9.41. The normalized spacial score (nSPS) is 14.2. The van der Waals surface area contributed by atoms with Gasteiger partial charge in [0.1, 0.15) is 11.6 Å². The molecule has 2 heterocycles. The average Bonchev–Trinajstić information content (AvgIpc) is 2.73. The Morgan fingerprint density at radius 1 is 1.00 bits per heavy atom. The van der Waals surface area contributed by atoms with Gasteiger partial charge in [-0.15, -0.1) is 0 Å². The third-order valence-corrected chi connectivity index (χ3v) is 5.16. The molecule has 1 aromatic heterocycles. The predicted octanol–water partition coefficient (Wildman–Crippen LogP) is 4.21. The number of aryl methyl sites for hydroxylation is 1. The maximum Gasteiger partial charge on any atom is 0.253 e. The fourth-order valence-corrected chi connectivity index (χ4v) is 3.51. The van der Waals surface area contributed by atoms with Gasteiger partial charge in [0.25, 0.3) is 5.91 Å². The first-order valence-corrected chi connectivity index (χ1v) is 9.79. The van der Waals surface area contributed by atoms with Crippen molar-refractivity contribution in [2.75, 3.05) is 31.1 Å². The van der Waals surface area contributed by atoms with Crippen LogP contribution in [0.5, 0.6) is 0 Å². The summed E-state index contributed by atoms with van der Waals surface area (Å²) >= 11 is 5.90. The summed E-state index contributed by atoms with van der Waals surface area (Å²) in [4.78, 5) is 25.7. The van der Waals surface area contributed by atoms with Crippen molar-refractivity contribution in [2.45, 2.75) is 6.92 Å². The number of carbonyl (C=O) groups excluding carboxylic acids is 1. The smallest absolute Gasteiger partial charge is 0.253 e. The number of hydrogen-bond donors (Lipinski definition) is 0. The molecule has 148 valence electrons. The number of rotatable bonds is 3. The standard InChI is InChI=1S/C22H20ClFN4O/c1-15-13-20(26-21(25-15)17-3-2-4-19(24)14-17)27-9-11-28(12-10-27)22(29)16-5-7-18(23)8-6-16/h2-8,13-14H,9-12H2,1H3. The second-order valence-corrected chi connectivity index (χ2v) is 7.42. The molecule has 2 aromatic carbocycles. The van der Waals surface area contributed by atoms with E-state index >= 15 is 0 Å². The summed E-state index contributed by atoms with van der Waals surface area (Å²) in [7, 11) is 0. The number of aromatic nitrogens is 2. The van der Waals surface area contributed by atoms with E-state index in [0.717, 1.165) is 11.5 Å². The lowest BCUT2D eigenvalue weighted by Crippen LogP contribution is -2.49. The van der Waals surface area contributed by atoms with Gasteiger partial charge in [0, 0.05) is 54.1 Å². The molecule has 4 rings (SSSR count). The number of hydrogen-bond acceptors (Lipinski definition) is 4. The van der Waals surface area contributed by atoms with Gasteiger partial charge in [-0.1, -0.05) is 23.7 Å². The van der Waals surface area contributed by atoms with Crippen molar-refractivity contribution >= 4 is 23.3 Å². The lowest BCUT2D eigenvalue weighted by atomic mass is 10.1. The second-order valence-electron chi connectivity index (χ2n) is 6.99. The van der Waals surface area contributed by atoms with Gasteiger partial charge in [-0.05, 0) is 43.3 Å². The molecule has 0 saturated carbocycles. The molecule has 1 saturated heterocycles. The largest absolute Gasteiger partial charge is 0.353 e. The van der Waals surface area contributed by atoms with Crippen LogP contribution < -0.4 is 4.90 Å². The van der Waals surface area contributed by atoms with Crippen molar-refractivity contribution in [2.24, 2.45) is 0 Å². The summed E-state index contributed by atoms with van der Waals surface area (Å²) in [5.74, 6) is 0.971. The van der Waals surface area contributed by atoms with Gasteiger partial charge in [0.2, 0.25) is 0 Å². The summed E-state index contributed by atoms with van der Waals surface area (Å²) < 4.78 is 13.6. The van der Waals surface area contributed by atoms with Crippen molar-refractivity contribution in [3.05, 3.63) is 76.7 Å². The molecular weight excluding hydrogens is 391 g/mol. The molecule has 0 aliphatic carbocycles. The molecule has 1 aliphatic heterocycles. The van der Waals surface area contributed by atoms with Crippen LogP contribution in [0.4, 0.5) is 10.2 Å². The number of carbonyl (C=O) groups is 1. The monoisotopic (exact) mass is 410 g/mol. The molecule has 1 fully saturated rings. The molecule has 0 bridgehead atoms. The number of halogens is 2. The van der Waals surface area contributed by atoms with Crippen LogP contribution in [0.2, 0.25) is 5.02 Å². The summed E-state index contributed by atoms with van der Waals surface area (Å²) in [6, 6.07) is 15.1. The number of nitrogens with zero attached hydrogens (tertiary/aromatic N) is 4. The highest BCUT2D eigenvalue weighted by atomic mass is 35.5. The van der Waals surface area contributed by atoms with E-state index in [1.54, 1.807) is 36.4 Å². The van der Waals surface area contributed by atoms with Crippen molar-refractivity contribution < 1.29 is 9.18 Å². The van der Waals surface area contributed by atoms with E-state index in [4.69, 9.17) is 11.6 Å². The third-order valence-electron chi connectivity index (χ3n) is 4.91. The van der Waals surface area contributed by atoms with Crippen LogP contribution in [0.25, 0.3) is 11.4 Å². The SMILES string of the molecule is Cc1cc(N2CCN(C(=O)c3ccc(Cl)cc3)CC2)nc(-c2cccc(F)c2)n1. The van der Waals surface area contributed by atoms with Crippen LogP contribution in [0.3, 0.4) is 0 Å². The van der Waals surface area contributed by atoms with E-state index in [9.17, 15) is 9.18 Å². The Hall–Kier alpha value is -2.99. The number of anilines is 1. The molecule has 0 radical (unpaired) electrons. The lowest BCUT2D eigenvalue weighted by molar-refractivity contribution is 0.0746. The Balaban J connectivity index is 1.48. The Morgan fingerprint density at radius 2 is 1.72 bits per heavy atom. The van der Waals surface area contributed by atoms with Crippen LogP contribution >= 0.6 is 11.6 Å². The molecule has 1 aliphatic rings. The zero-order chi connectivity index (χ0) is 20.4. The molecule has 0 unspecified atom stereocenters. The van der Waals surface area contributed by atoms with Crippen LogP contribution in [0.15, 0.2) is 54.6 Å². The average molecular weight is 411 g/mol. The van der Waals surface area contributed by atoms with E-state index in [2.05, 4.69) is 14.9 Å². The quantitative estimate of drug-likeness (QED) is 0.649. The molecular formula is C22H20ClFN4O. The van der Waals surface area contributed by atoms with Crippen LogP contribution in [-0.4, -0.2) is 47.0 Å². The summed E-state index contributed by atoms with van der Waals surface area (Å²) in [5, 5.41) is 0.611. The van der Waals surface area contributed by atoms with Crippen molar-refractivity contribution in [3.63, 3.8) is 0 Å². The topological polar surface area (TPSA) is 49.3 Å². The van der Waals surface area contributed by atoms with Gasteiger partial charge in [-0.3, -0.25) is 4.79 Å². The molecule has 5 nitrogen and oxygen atoms in total. The van der Waals surface area contributed by atoms with Gasteiger partial charge >= 0.3 is 0 Å². The number of benzene rings is 2. The maximum absolute atomic E-state index is 13.6. The van der Waals surface area contributed by atoms with Gasteiger partial charge in [0.15, 0.2) is 5.82 Å². The van der Waals surface area contributed by atoms with E-state index < -0.39 is 0 Å². The minimum Gasteiger partial charge on any atom is -0.353 e. The Labute approximate surface area is 173 Å². The van der Waals surface area contributed by atoms with Crippen molar-refractivity contribution in [1.82, 2.24) is 14.9 Å². The molecule has 0 atom stereocenters. The molecule has 29 heavy (non-hydrogen) atoms. The molecule has 1 amide bonds. The zero-order valence-electron chi connectivity index (χ0n) is 16.0. The Morgan fingerprint density at radius 3 is 2.41 bits per heavy atom. The first kappa shape index (κ1) is 19.3. The van der Waals surface area contributed by atoms with Crippen molar-refractivity contribution in [3.8, 4) is 11.4 Å². The predicted molar refractivity (Wildman–Crippen MR) is 112 cm³/mol. The van der Waals surface area contributed by atoms with E-state index in [-0.39, 0.29) is 11.7 Å². The minimum atomic E-state index is -0.316. The Kier molecular flexibility index (Phi) is 5.45. The fourth-order valence-electron chi connectivity index (χ4n) is 3.38. The maximum atomic E-state index is 13.6.